The molecule has 1 aromatic carbocycles. The number of carbonyl (C=O) groups excluding carboxylic acids is 2. The van der Waals surface area contributed by atoms with Gasteiger partial charge >= 0.3 is 0 Å². The molecule has 1 aromatic rings. The van der Waals surface area contributed by atoms with Crippen LogP contribution in [0.2, 0.25) is 0 Å². The number of rotatable bonds is 6. The van der Waals surface area contributed by atoms with Gasteiger partial charge in [0.1, 0.15) is 0 Å². The third-order valence-electron chi connectivity index (χ3n) is 3.26. The molecular formula is C15H20N2O3. The molecule has 1 fully saturated rings. The summed E-state index contributed by atoms with van der Waals surface area (Å²) in [5.74, 6) is -0.284. The minimum Gasteiger partial charge on any atom is -0.396 e. The van der Waals surface area contributed by atoms with Gasteiger partial charge in [0, 0.05) is 29.8 Å². The van der Waals surface area contributed by atoms with Crippen molar-refractivity contribution in [2.45, 2.75) is 38.3 Å². The number of aliphatic hydroxyl groups excluding tert-OH is 1. The Labute approximate surface area is 118 Å². The van der Waals surface area contributed by atoms with Crippen molar-refractivity contribution >= 4 is 11.8 Å². The normalized spacial score (nSPS) is 15.5. The fourth-order valence-electron chi connectivity index (χ4n) is 1.84. The molecular weight excluding hydrogens is 256 g/mol. The Hall–Kier alpha value is -1.88. The van der Waals surface area contributed by atoms with Crippen LogP contribution in [0.5, 0.6) is 0 Å². The average Bonchev–Trinajstić information content (AvgIpc) is 3.23. The zero-order chi connectivity index (χ0) is 14.5. The topological polar surface area (TPSA) is 78.4 Å². The van der Waals surface area contributed by atoms with E-state index in [2.05, 4.69) is 10.6 Å². The molecule has 0 spiro atoms. The summed E-state index contributed by atoms with van der Waals surface area (Å²) in [6, 6.07) is 6.84. The highest BCUT2D eigenvalue weighted by molar-refractivity contribution is 5.98. The van der Waals surface area contributed by atoms with Crippen molar-refractivity contribution in [2.75, 3.05) is 6.61 Å². The molecule has 0 heterocycles. The predicted molar refractivity (Wildman–Crippen MR) is 75.6 cm³/mol. The zero-order valence-electron chi connectivity index (χ0n) is 11.6. The lowest BCUT2D eigenvalue weighted by Crippen LogP contribution is -2.33. The molecule has 0 bridgehead atoms. The molecule has 5 heteroatoms. The summed E-state index contributed by atoms with van der Waals surface area (Å²) >= 11 is 0. The van der Waals surface area contributed by atoms with Crippen molar-refractivity contribution in [2.24, 2.45) is 0 Å². The highest BCUT2D eigenvalue weighted by atomic mass is 16.3. The first kappa shape index (κ1) is 14.5. The predicted octanol–water partition coefficient (Wildman–Crippen LogP) is 1.08. The Bertz CT molecular complexity index is 480. The van der Waals surface area contributed by atoms with Gasteiger partial charge < -0.3 is 15.7 Å². The van der Waals surface area contributed by atoms with Crippen LogP contribution in [0.15, 0.2) is 24.3 Å². The maximum Gasteiger partial charge on any atom is 0.251 e. The molecule has 1 aliphatic carbocycles. The van der Waals surface area contributed by atoms with E-state index in [4.69, 9.17) is 5.11 Å². The molecule has 1 unspecified atom stereocenters. The molecule has 1 atom stereocenters. The third kappa shape index (κ3) is 4.06. The molecule has 1 saturated carbocycles. The first-order valence-corrected chi connectivity index (χ1v) is 6.93. The van der Waals surface area contributed by atoms with Crippen LogP contribution < -0.4 is 10.6 Å². The molecule has 1 aliphatic rings. The van der Waals surface area contributed by atoms with Crippen LogP contribution in [0.4, 0.5) is 0 Å². The van der Waals surface area contributed by atoms with E-state index < -0.39 is 0 Å². The molecule has 0 aliphatic heterocycles. The first-order valence-electron chi connectivity index (χ1n) is 6.93. The van der Waals surface area contributed by atoms with Crippen molar-refractivity contribution in [1.29, 1.82) is 0 Å². The highest BCUT2D eigenvalue weighted by Gasteiger charge is 2.23. The summed E-state index contributed by atoms with van der Waals surface area (Å²) in [6.45, 7) is 1.88. The number of benzene rings is 1. The smallest absolute Gasteiger partial charge is 0.251 e. The van der Waals surface area contributed by atoms with Gasteiger partial charge in [-0.3, -0.25) is 9.59 Å². The summed E-state index contributed by atoms with van der Waals surface area (Å²) in [5, 5.41) is 14.5. The van der Waals surface area contributed by atoms with Gasteiger partial charge in [-0.2, -0.15) is 0 Å². The Balaban J connectivity index is 1.92. The highest BCUT2D eigenvalue weighted by Crippen LogP contribution is 2.19. The molecule has 5 nitrogen and oxygen atoms in total. The zero-order valence-corrected chi connectivity index (χ0v) is 11.6. The Morgan fingerprint density at radius 2 is 1.75 bits per heavy atom. The van der Waals surface area contributed by atoms with E-state index in [9.17, 15) is 9.59 Å². The van der Waals surface area contributed by atoms with Crippen LogP contribution in [0, 0.1) is 0 Å². The van der Waals surface area contributed by atoms with Crippen molar-refractivity contribution in [1.82, 2.24) is 10.6 Å². The lowest BCUT2D eigenvalue weighted by molar-refractivity contribution is 0.0927. The lowest BCUT2D eigenvalue weighted by Gasteiger charge is -2.12. The van der Waals surface area contributed by atoms with Gasteiger partial charge in [-0.25, -0.2) is 0 Å². The quantitative estimate of drug-likeness (QED) is 0.727. The SMILES string of the molecule is CC(CCO)NC(=O)c1ccc(C(=O)NC2CC2)cc1. The van der Waals surface area contributed by atoms with Gasteiger partial charge in [-0.15, -0.1) is 0 Å². The summed E-state index contributed by atoms with van der Waals surface area (Å²) < 4.78 is 0. The minimum atomic E-state index is -0.194. The average molecular weight is 276 g/mol. The van der Waals surface area contributed by atoms with Crippen molar-refractivity contribution in [3.05, 3.63) is 35.4 Å². The Morgan fingerprint density at radius 1 is 1.20 bits per heavy atom. The fraction of sp³-hybridized carbons (Fsp3) is 0.467. The minimum absolute atomic E-state index is 0.0434. The van der Waals surface area contributed by atoms with Gasteiger partial charge in [0.2, 0.25) is 0 Å². The second-order valence-electron chi connectivity index (χ2n) is 5.21. The monoisotopic (exact) mass is 276 g/mol. The first-order chi connectivity index (χ1) is 9.60. The van der Waals surface area contributed by atoms with E-state index in [1.165, 1.54) is 0 Å². The van der Waals surface area contributed by atoms with E-state index in [1.54, 1.807) is 24.3 Å². The van der Waals surface area contributed by atoms with Crippen molar-refractivity contribution < 1.29 is 14.7 Å². The van der Waals surface area contributed by atoms with Crippen LogP contribution in [-0.2, 0) is 0 Å². The van der Waals surface area contributed by atoms with Gasteiger partial charge in [0.25, 0.3) is 11.8 Å². The second kappa shape index (κ2) is 6.52. The summed E-state index contributed by atoms with van der Waals surface area (Å²) in [6.07, 6.45) is 2.62. The van der Waals surface area contributed by atoms with E-state index in [-0.39, 0.29) is 24.5 Å². The van der Waals surface area contributed by atoms with E-state index >= 15 is 0 Å². The molecule has 2 amide bonds. The Morgan fingerprint density at radius 3 is 2.25 bits per heavy atom. The molecule has 108 valence electrons. The van der Waals surface area contributed by atoms with Gasteiger partial charge in [-0.1, -0.05) is 0 Å². The van der Waals surface area contributed by atoms with Crippen molar-refractivity contribution in [3.8, 4) is 0 Å². The molecule has 20 heavy (non-hydrogen) atoms. The molecule has 3 N–H and O–H groups in total. The number of amides is 2. The van der Waals surface area contributed by atoms with Crippen LogP contribution in [-0.4, -0.2) is 35.6 Å². The van der Waals surface area contributed by atoms with E-state index in [0.717, 1.165) is 12.8 Å². The number of carbonyl (C=O) groups is 2. The van der Waals surface area contributed by atoms with Crippen LogP contribution in [0.1, 0.15) is 46.9 Å². The molecule has 0 radical (unpaired) electrons. The summed E-state index contributed by atoms with van der Waals surface area (Å²) in [4.78, 5) is 23.7. The third-order valence-corrected chi connectivity index (χ3v) is 3.26. The fourth-order valence-corrected chi connectivity index (χ4v) is 1.84. The molecule has 0 aromatic heterocycles. The number of nitrogens with one attached hydrogen (secondary N) is 2. The number of aliphatic hydroxyl groups is 1. The largest absolute Gasteiger partial charge is 0.396 e. The van der Waals surface area contributed by atoms with Crippen LogP contribution in [0.3, 0.4) is 0 Å². The lowest BCUT2D eigenvalue weighted by atomic mass is 10.1. The standard InChI is InChI=1S/C15H20N2O3/c1-10(8-9-18)16-14(19)11-2-4-12(5-3-11)15(20)17-13-6-7-13/h2-5,10,13,18H,6-9H2,1H3,(H,16,19)(H,17,20). The second-order valence-corrected chi connectivity index (χ2v) is 5.21. The Kier molecular flexibility index (Phi) is 4.74. The summed E-state index contributed by atoms with van der Waals surface area (Å²) in [7, 11) is 0. The molecule has 2 rings (SSSR count). The number of hydrogen-bond donors (Lipinski definition) is 3. The van der Waals surface area contributed by atoms with Gasteiger partial charge in [-0.05, 0) is 50.5 Å². The summed E-state index contributed by atoms with van der Waals surface area (Å²) in [5.41, 5.74) is 1.08. The van der Waals surface area contributed by atoms with Crippen LogP contribution >= 0.6 is 0 Å². The molecule has 0 saturated heterocycles. The van der Waals surface area contributed by atoms with E-state index in [1.807, 2.05) is 6.92 Å². The van der Waals surface area contributed by atoms with Crippen LogP contribution in [0.25, 0.3) is 0 Å². The van der Waals surface area contributed by atoms with Gasteiger partial charge in [0.15, 0.2) is 0 Å². The number of hydrogen-bond acceptors (Lipinski definition) is 3. The van der Waals surface area contributed by atoms with Gasteiger partial charge in [0.05, 0.1) is 0 Å². The van der Waals surface area contributed by atoms with E-state index in [0.29, 0.717) is 23.6 Å². The van der Waals surface area contributed by atoms with Crippen molar-refractivity contribution in [3.63, 3.8) is 0 Å². The maximum absolute atomic E-state index is 11.9. The maximum atomic E-state index is 11.9.